The molecule has 3 N–H and O–H groups in total. The van der Waals surface area contributed by atoms with Gasteiger partial charge in [-0.1, -0.05) is 12.1 Å². The van der Waals surface area contributed by atoms with Crippen LogP contribution in [0.2, 0.25) is 0 Å². The van der Waals surface area contributed by atoms with Crippen LogP contribution in [0.25, 0.3) is 11.3 Å². The van der Waals surface area contributed by atoms with Crippen molar-refractivity contribution in [1.29, 1.82) is 0 Å². The lowest BCUT2D eigenvalue weighted by atomic mass is 10.1. The molecule has 12 heteroatoms. The number of aryl methyl sites for hydroxylation is 1. The highest BCUT2D eigenvalue weighted by atomic mass is 19.4. The van der Waals surface area contributed by atoms with E-state index in [2.05, 4.69) is 30.9 Å². The van der Waals surface area contributed by atoms with E-state index in [-0.39, 0.29) is 5.56 Å². The van der Waals surface area contributed by atoms with Crippen molar-refractivity contribution in [1.82, 2.24) is 19.9 Å². The van der Waals surface area contributed by atoms with Crippen LogP contribution in [0, 0.1) is 6.92 Å². The molecule has 0 radical (unpaired) electrons. The smallest absolute Gasteiger partial charge is 0.324 e. The minimum absolute atomic E-state index is 0.230. The van der Waals surface area contributed by atoms with Crippen LogP contribution in [-0.4, -0.2) is 52.3 Å². The Balaban J connectivity index is 1.51. The summed E-state index contributed by atoms with van der Waals surface area (Å²) in [6.07, 6.45) is 2.82. The molecule has 0 fully saturated rings. The average Bonchev–Trinajstić information content (AvgIpc) is 2.95. The second-order valence-electron chi connectivity index (χ2n) is 9.53. The Hall–Kier alpha value is -5.10. The van der Waals surface area contributed by atoms with Gasteiger partial charge in [-0.25, -0.2) is 9.97 Å². The molecule has 0 bridgehead atoms. The lowest BCUT2D eigenvalue weighted by Gasteiger charge is -2.15. The SMILES string of the molecule is Cc1ccc(NC(=O)c2ccc(NC(=O)/C=C/CN(C)C)c(C(F)(F)F)c2)cc1Nc1nccc(-c2cccnc2)n1. The van der Waals surface area contributed by atoms with E-state index in [4.69, 9.17) is 0 Å². The molecule has 0 spiro atoms. The van der Waals surface area contributed by atoms with Gasteiger partial charge >= 0.3 is 6.18 Å². The van der Waals surface area contributed by atoms with E-state index in [9.17, 15) is 22.8 Å². The highest BCUT2D eigenvalue weighted by Crippen LogP contribution is 2.36. The second kappa shape index (κ2) is 13.0. The fraction of sp³-hybridized carbons (Fsp3) is 0.167. The molecule has 0 aliphatic heterocycles. The Bertz CT molecular complexity index is 1610. The monoisotopic (exact) mass is 575 g/mol. The summed E-state index contributed by atoms with van der Waals surface area (Å²) in [5, 5.41) is 7.99. The maximum atomic E-state index is 13.8. The fourth-order valence-electron chi connectivity index (χ4n) is 3.83. The standard InChI is InChI=1S/C30H28F3N7O2/c1-19-8-10-22(17-26(19)39-29-35-14-12-24(38-29)21-6-4-13-34-18-21)36-28(42)20-9-11-25(23(16-20)30(31,32)33)37-27(41)7-5-15-40(2)3/h4-14,16-18H,15H2,1-3H3,(H,36,42)(H,37,41)(H,35,38,39)/b7-5+. The van der Waals surface area contributed by atoms with Gasteiger partial charge in [0.1, 0.15) is 0 Å². The van der Waals surface area contributed by atoms with Crippen LogP contribution in [0.15, 0.2) is 85.3 Å². The Morgan fingerprint density at radius 3 is 2.50 bits per heavy atom. The zero-order chi connectivity index (χ0) is 30.3. The van der Waals surface area contributed by atoms with E-state index in [1.165, 1.54) is 12.1 Å². The van der Waals surface area contributed by atoms with E-state index in [1.807, 2.05) is 13.0 Å². The van der Waals surface area contributed by atoms with E-state index in [0.717, 1.165) is 23.3 Å². The van der Waals surface area contributed by atoms with Gasteiger partial charge in [-0.2, -0.15) is 13.2 Å². The van der Waals surface area contributed by atoms with Gasteiger partial charge in [0, 0.05) is 53.7 Å². The van der Waals surface area contributed by atoms with Gasteiger partial charge in [-0.05, 0) is 75.1 Å². The van der Waals surface area contributed by atoms with Crippen molar-refractivity contribution >= 4 is 34.8 Å². The first-order chi connectivity index (χ1) is 20.0. The van der Waals surface area contributed by atoms with Gasteiger partial charge in [0.25, 0.3) is 5.91 Å². The molecule has 0 aliphatic rings. The second-order valence-corrected chi connectivity index (χ2v) is 9.53. The summed E-state index contributed by atoms with van der Waals surface area (Å²) in [5.41, 5.74) is 1.41. The number of nitrogens with one attached hydrogen (secondary N) is 3. The molecule has 216 valence electrons. The van der Waals surface area contributed by atoms with E-state index in [1.54, 1.807) is 67.9 Å². The van der Waals surface area contributed by atoms with E-state index in [0.29, 0.717) is 35.6 Å². The molecule has 9 nitrogen and oxygen atoms in total. The van der Waals surface area contributed by atoms with Gasteiger partial charge < -0.3 is 20.9 Å². The van der Waals surface area contributed by atoms with Crippen LogP contribution in [0.5, 0.6) is 0 Å². The molecule has 0 unspecified atom stereocenters. The predicted molar refractivity (Wildman–Crippen MR) is 155 cm³/mol. The molecule has 0 saturated heterocycles. The summed E-state index contributed by atoms with van der Waals surface area (Å²) >= 11 is 0. The number of aromatic nitrogens is 3. The highest BCUT2D eigenvalue weighted by Gasteiger charge is 2.34. The zero-order valence-electron chi connectivity index (χ0n) is 23.0. The number of amides is 2. The molecule has 4 rings (SSSR count). The van der Waals surface area contributed by atoms with Crippen LogP contribution in [-0.2, 0) is 11.0 Å². The van der Waals surface area contributed by atoms with Crippen LogP contribution >= 0.6 is 0 Å². The van der Waals surface area contributed by atoms with Gasteiger partial charge in [0.05, 0.1) is 16.9 Å². The quantitative estimate of drug-likeness (QED) is 0.213. The van der Waals surface area contributed by atoms with Crippen molar-refractivity contribution in [3.05, 3.63) is 102 Å². The Labute approximate surface area is 240 Å². The molecule has 0 saturated carbocycles. The topological polar surface area (TPSA) is 112 Å². The summed E-state index contributed by atoms with van der Waals surface area (Å²) in [4.78, 5) is 39.7. The third-order valence-electron chi connectivity index (χ3n) is 5.94. The number of hydrogen-bond acceptors (Lipinski definition) is 7. The number of hydrogen-bond donors (Lipinski definition) is 3. The van der Waals surface area contributed by atoms with Crippen molar-refractivity contribution in [2.75, 3.05) is 36.6 Å². The summed E-state index contributed by atoms with van der Waals surface area (Å²) in [6, 6.07) is 13.4. The highest BCUT2D eigenvalue weighted by molar-refractivity contribution is 6.06. The van der Waals surface area contributed by atoms with Gasteiger partial charge in [-0.15, -0.1) is 0 Å². The van der Waals surface area contributed by atoms with Crippen molar-refractivity contribution in [3.63, 3.8) is 0 Å². The molecule has 4 aromatic rings. The van der Waals surface area contributed by atoms with Gasteiger partial charge in [-0.3, -0.25) is 14.6 Å². The average molecular weight is 576 g/mol. The molecule has 42 heavy (non-hydrogen) atoms. The molecular weight excluding hydrogens is 547 g/mol. The normalized spacial score (nSPS) is 11.5. The lowest BCUT2D eigenvalue weighted by Crippen LogP contribution is -2.18. The van der Waals surface area contributed by atoms with Gasteiger partial charge in [0.15, 0.2) is 0 Å². The molecule has 2 heterocycles. The third kappa shape index (κ3) is 7.98. The summed E-state index contributed by atoms with van der Waals surface area (Å²) in [5.74, 6) is -1.16. The largest absolute Gasteiger partial charge is 0.418 e. The number of pyridine rings is 1. The minimum Gasteiger partial charge on any atom is -0.324 e. The number of alkyl halides is 3. The number of carbonyl (C=O) groups is 2. The van der Waals surface area contributed by atoms with Crippen LogP contribution in [0.1, 0.15) is 21.5 Å². The van der Waals surface area contributed by atoms with Crippen molar-refractivity contribution < 1.29 is 22.8 Å². The van der Waals surface area contributed by atoms with Crippen LogP contribution < -0.4 is 16.0 Å². The number of benzene rings is 2. The molecule has 2 amide bonds. The zero-order valence-corrected chi connectivity index (χ0v) is 23.0. The molecule has 2 aromatic heterocycles. The minimum atomic E-state index is -4.81. The summed E-state index contributed by atoms with van der Waals surface area (Å²) in [6.45, 7) is 2.29. The van der Waals surface area contributed by atoms with Gasteiger partial charge in [0.2, 0.25) is 11.9 Å². The number of anilines is 4. The predicted octanol–water partition coefficient (Wildman–Crippen LogP) is 5.92. The lowest BCUT2D eigenvalue weighted by molar-refractivity contribution is -0.137. The van der Waals surface area contributed by atoms with Crippen molar-refractivity contribution in [3.8, 4) is 11.3 Å². The third-order valence-corrected chi connectivity index (χ3v) is 5.94. The first-order valence-corrected chi connectivity index (χ1v) is 12.8. The Morgan fingerprint density at radius 1 is 0.976 bits per heavy atom. The first-order valence-electron chi connectivity index (χ1n) is 12.8. The number of carbonyl (C=O) groups excluding carboxylic acids is 2. The Morgan fingerprint density at radius 2 is 1.79 bits per heavy atom. The summed E-state index contributed by atoms with van der Waals surface area (Å²) in [7, 11) is 3.58. The molecular formula is C30H28F3N7O2. The van der Waals surface area contributed by atoms with Crippen molar-refractivity contribution in [2.45, 2.75) is 13.1 Å². The first kappa shape index (κ1) is 29.9. The molecule has 0 atom stereocenters. The molecule has 2 aromatic carbocycles. The number of rotatable bonds is 9. The Kier molecular flexibility index (Phi) is 9.28. The van der Waals surface area contributed by atoms with Crippen molar-refractivity contribution in [2.24, 2.45) is 0 Å². The fourth-order valence-corrected chi connectivity index (χ4v) is 3.83. The van der Waals surface area contributed by atoms with E-state index < -0.39 is 29.2 Å². The maximum absolute atomic E-state index is 13.8. The number of halogens is 3. The summed E-state index contributed by atoms with van der Waals surface area (Å²) < 4.78 is 41.5. The number of likely N-dealkylation sites (N-methyl/N-ethyl adjacent to an activating group) is 1. The number of nitrogens with zero attached hydrogens (tertiary/aromatic N) is 4. The van der Waals surface area contributed by atoms with E-state index >= 15 is 0 Å². The van der Waals surface area contributed by atoms with Crippen LogP contribution in [0.3, 0.4) is 0 Å². The molecule has 0 aliphatic carbocycles. The maximum Gasteiger partial charge on any atom is 0.418 e. The van der Waals surface area contributed by atoms with Crippen LogP contribution in [0.4, 0.5) is 36.2 Å².